The van der Waals surface area contributed by atoms with Crippen LogP contribution in [0.25, 0.3) is 11.4 Å². The third-order valence-electron chi connectivity index (χ3n) is 3.79. The second-order valence-electron chi connectivity index (χ2n) is 5.73. The number of nitrogens with one attached hydrogen (secondary N) is 1. The lowest BCUT2D eigenvalue weighted by atomic mass is 10.1. The highest BCUT2D eigenvalue weighted by Crippen LogP contribution is 2.19. The number of rotatable bonds is 6. The summed E-state index contributed by atoms with van der Waals surface area (Å²) in [5, 5.41) is 7.50. The monoisotopic (exact) mass is 355 g/mol. The Labute approximate surface area is 151 Å². The van der Waals surface area contributed by atoms with Crippen LogP contribution in [0.3, 0.4) is 0 Å². The molecule has 0 bridgehead atoms. The van der Waals surface area contributed by atoms with E-state index in [4.69, 9.17) is 16.1 Å². The number of halogens is 1. The van der Waals surface area contributed by atoms with Crippen molar-refractivity contribution in [3.63, 3.8) is 0 Å². The molecular formula is C19H18ClN3O2. The third kappa shape index (κ3) is 4.67. The minimum absolute atomic E-state index is 0.0639. The van der Waals surface area contributed by atoms with Gasteiger partial charge in [0.2, 0.25) is 17.6 Å². The van der Waals surface area contributed by atoms with Crippen LogP contribution in [0.2, 0.25) is 5.02 Å². The van der Waals surface area contributed by atoms with Gasteiger partial charge in [-0.05, 0) is 36.6 Å². The zero-order valence-corrected chi connectivity index (χ0v) is 14.6. The predicted molar refractivity (Wildman–Crippen MR) is 96.3 cm³/mol. The van der Waals surface area contributed by atoms with E-state index in [-0.39, 0.29) is 12.3 Å². The summed E-state index contributed by atoms with van der Waals surface area (Å²) in [5.41, 5.74) is 3.03. The fourth-order valence-corrected chi connectivity index (χ4v) is 2.71. The fourth-order valence-electron chi connectivity index (χ4n) is 2.50. The van der Waals surface area contributed by atoms with Crippen LogP contribution in [0.4, 0.5) is 0 Å². The highest BCUT2D eigenvalue weighted by molar-refractivity contribution is 6.30. The van der Waals surface area contributed by atoms with Crippen LogP contribution in [0.15, 0.2) is 53.1 Å². The number of amides is 1. The second kappa shape index (κ2) is 7.94. The SMILES string of the molecule is Cc1ccccc1-c1noc(CC(=O)NCCc2cccc(Cl)c2)n1. The molecule has 6 heteroatoms. The van der Waals surface area contributed by atoms with Crippen molar-refractivity contribution < 1.29 is 9.32 Å². The first-order valence-electron chi connectivity index (χ1n) is 8.01. The minimum atomic E-state index is -0.151. The molecule has 3 aromatic rings. The first kappa shape index (κ1) is 17.2. The van der Waals surface area contributed by atoms with E-state index in [9.17, 15) is 4.79 Å². The lowest BCUT2D eigenvalue weighted by molar-refractivity contribution is -0.120. The first-order valence-corrected chi connectivity index (χ1v) is 8.39. The summed E-state index contributed by atoms with van der Waals surface area (Å²) >= 11 is 5.94. The van der Waals surface area contributed by atoms with E-state index in [0.717, 1.165) is 16.7 Å². The lowest BCUT2D eigenvalue weighted by Crippen LogP contribution is -2.27. The Morgan fingerprint density at radius 1 is 1.20 bits per heavy atom. The molecule has 5 nitrogen and oxygen atoms in total. The van der Waals surface area contributed by atoms with Crippen molar-refractivity contribution in [2.75, 3.05) is 6.54 Å². The maximum Gasteiger partial charge on any atom is 0.236 e. The lowest BCUT2D eigenvalue weighted by Gasteiger charge is -2.04. The molecule has 1 N–H and O–H groups in total. The van der Waals surface area contributed by atoms with Gasteiger partial charge < -0.3 is 9.84 Å². The van der Waals surface area contributed by atoms with Gasteiger partial charge in [0.25, 0.3) is 0 Å². The molecule has 0 fully saturated rings. The molecule has 3 rings (SSSR count). The fraction of sp³-hybridized carbons (Fsp3) is 0.211. The van der Waals surface area contributed by atoms with Crippen LogP contribution in [0.5, 0.6) is 0 Å². The molecule has 0 radical (unpaired) electrons. The largest absolute Gasteiger partial charge is 0.355 e. The van der Waals surface area contributed by atoms with Gasteiger partial charge in [0.15, 0.2) is 0 Å². The second-order valence-corrected chi connectivity index (χ2v) is 6.17. The van der Waals surface area contributed by atoms with E-state index in [1.807, 2.05) is 55.5 Å². The summed E-state index contributed by atoms with van der Waals surface area (Å²) in [6.45, 7) is 2.51. The van der Waals surface area contributed by atoms with Crippen LogP contribution in [0, 0.1) is 6.92 Å². The average Bonchev–Trinajstić information content (AvgIpc) is 3.03. The molecule has 1 aromatic heterocycles. The molecule has 0 atom stereocenters. The van der Waals surface area contributed by atoms with E-state index >= 15 is 0 Å². The van der Waals surface area contributed by atoms with Gasteiger partial charge in [-0.3, -0.25) is 4.79 Å². The Balaban J connectivity index is 1.53. The number of hydrogen-bond acceptors (Lipinski definition) is 4. The summed E-state index contributed by atoms with van der Waals surface area (Å²) in [6.07, 6.45) is 0.777. The predicted octanol–water partition coefficient (Wildman–Crippen LogP) is 3.60. The van der Waals surface area contributed by atoms with E-state index in [0.29, 0.717) is 29.7 Å². The summed E-state index contributed by atoms with van der Waals surface area (Å²) in [5.74, 6) is 0.653. The zero-order chi connectivity index (χ0) is 17.6. The van der Waals surface area contributed by atoms with Gasteiger partial charge in [0.05, 0.1) is 0 Å². The Morgan fingerprint density at radius 3 is 2.84 bits per heavy atom. The molecule has 128 valence electrons. The number of carbonyl (C=O) groups excluding carboxylic acids is 1. The standard InChI is InChI=1S/C19H18ClN3O2/c1-13-5-2-3-8-16(13)19-22-18(25-23-19)12-17(24)21-10-9-14-6-4-7-15(20)11-14/h2-8,11H,9-10,12H2,1H3,(H,21,24). The van der Waals surface area contributed by atoms with Gasteiger partial charge in [0.1, 0.15) is 6.42 Å². The molecule has 0 aliphatic heterocycles. The molecule has 2 aromatic carbocycles. The smallest absolute Gasteiger partial charge is 0.236 e. The van der Waals surface area contributed by atoms with Crippen molar-refractivity contribution in [3.8, 4) is 11.4 Å². The molecule has 1 amide bonds. The summed E-state index contributed by atoms with van der Waals surface area (Å²) in [7, 11) is 0. The molecule has 25 heavy (non-hydrogen) atoms. The van der Waals surface area contributed by atoms with Crippen LogP contribution >= 0.6 is 11.6 Å². The average molecular weight is 356 g/mol. The number of nitrogens with zero attached hydrogens (tertiary/aromatic N) is 2. The van der Waals surface area contributed by atoms with Crippen molar-refractivity contribution in [1.82, 2.24) is 15.5 Å². The highest BCUT2D eigenvalue weighted by Gasteiger charge is 2.13. The van der Waals surface area contributed by atoms with E-state index in [2.05, 4.69) is 15.5 Å². The zero-order valence-electron chi connectivity index (χ0n) is 13.8. The molecule has 0 unspecified atom stereocenters. The van der Waals surface area contributed by atoms with Crippen molar-refractivity contribution >= 4 is 17.5 Å². The van der Waals surface area contributed by atoms with Gasteiger partial charge >= 0.3 is 0 Å². The summed E-state index contributed by atoms with van der Waals surface area (Å²) in [6, 6.07) is 15.4. The normalized spacial score (nSPS) is 10.6. The van der Waals surface area contributed by atoms with Crippen molar-refractivity contribution in [3.05, 3.63) is 70.6 Å². The Hall–Kier alpha value is -2.66. The molecule has 0 spiro atoms. The molecular weight excluding hydrogens is 338 g/mol. The Bertz CT molecular complexity index is 876. The van der Waals surface area contributed by atoms with E-state index in [1.54, 1.807) is 0 Å². The first-order chi connectivity index (χ1) is 12.1. The summed E-state index contributed by atoms with van der Waals surface area (Å²) < 4.78 is 5.19. The number of aryl methyl sites for hydroxylation is 1. The third-order valence-corrected chi connectivity index (χ3v) is 4.03. The number of carbonyl (C=O) groups is 1. The Morgan fingerprint density at radius 2 is 2.04 bits per heavy atom. The molecule has 0 saturated heterocycles. The van der Waals surface area contributed by atoms with E-state index < -0.39 is 0 Å². The van der Waals surface area contributed by atoms with Crippen molar-refractivity contribution in [1.29, 1.82) is 0 Å². The van der Waals surface area contributed by atoms with Crippen LogP contribution in [0.1, 0.15) is 17.0 Å². The molecule has 0 aliphatic carbocycles. The molecule has 1 heterocycles. The Kier molecular flexibility index (Phi) is 5.46. The van der Waals surface area contributed by atoms with Gasteiger partial charge in [-0.1, -0.05) is 53.2 Å². The quantitative estimate of drug-likeness (QED) is 0.733. The van der Waals surface area contributed by atoms with Gasteiger partial charge in [-0.2, -0.15) is 4.98 Å². The van der Waals surface area contributed by atoms with Gasteiger partial charge in [-0.15, -0.1) is 0 Å². The minimum Gasteiger partial charge on any atom is -0.355 e. The topological polar surface area (TPSA) is 68.0 Å². The van der Waals surface area contributed by atoms with Crippen molar-refractivity contribution in [2.45, 2.75) is 19.8 Å². The van der Waals surface area contributed by atoms with Gasteiger partial charge in [-0.25, -0.2) is 0 Å². The molecule has 0 saturated carbocycles. The maximum atomic E-state index is 12.0. The number of benzene rings is 2. The van der Waals surface area contributed by atoms with Crippen LogP contribution in [-0.2, 0) is 17.6 Å². The summed E-state index contributed by atoms with van der Waals surface area (Å²) in [4.78, 5) is 16.3. The van der Waals surface area contributed by atoms with Gasteiger partial charge in [0, 0.05) is 17.1 Å². The molecule has 0 aliphatic rings. The number of aromatic nitrogens is 2. The maximum absolute atomic E-state index is 12.0. The van der Waals surface area contributed by atoms with E-state index in [1.165, 1.54) is 0 Å². The van der Waals surface area contributed by atoms with Crippen LogP contribution in [-0.4, -0.2) is 22.6 Å². The van der Waals surface area contributed by atoms with Crippen LogP contribution < -0.4 is 5.32 Å². The van der Waals surface area contributed by atoms with Crippen molar-refractivity contribution in [2.24, 2.45) is 0 Å². The number of hydrogen-bond donors (Lipinski definition) is 1. The highest BCUT2D eigenvalue weighted by atomic mass is 35.5.